The van der Waals surface area contributed by atoms with Crippen molar-refractivity contribution in [2.24, 2.45) is 0 Å². The van der Waals surface area contributed by atoms with Crippen molar-refractivity contribution in [3.63, 3.8) is 0 Å². The first kappa shape index (κ1) is 21.4. The first-order chi connectivity index (χ1) is 15.0. The van der Waals surface area contributed by atoms with E-state index in [2.05, 4.69) is 38.5 Å². The number of pyridine rings is 2. The number of anilines is 2. The smallest absolute Gasteiger partial charge is 0.234 e. The maximum absolute atomic E-state index is 12.3. The summed E-state index contributed by atoms with van der Waals surface area (Å²) >= 11 is 1.66. The standard InChI is InChI=1S/C23H28N6OS/c1-15-10-20(28-23-27-16(2)17(3)31-23)11-21(26-15)18-7-9-29(13-18)14-22(30)25-12-19-6-4-5-8-24-19/h4-6,8,10-11,18H,7,9,12-14H2,1-3H3,(H,25,30)(H,26,27,28)/t18-/m1/s1. The van der Waals surface area contributed by atoms with Crippen molar-refractivity contribution in [2.75, 3.05) is 25.0 Å². The number of amides is 1. The Morgan fingerprint density at radius 3 is 2.84 bits per heavy atom. The van der Waals surface area contributed by atoms with Gasteiger partial charge in [0.15, 0.2) is 5.13 Å². The van der Waals surface area contributed by atoms with Crippen molar-refractivity contribution in [1.82, 2.24) is 25.2 Å². The Hall–Kier alpha value is -2.84. The zero-order chi connectivity index (χ0) is 21.8. The van der Waals surface area contributed by atoms with Crippen LogP contribution in [0, 0.1) is 20.8 Å². The summed E-state index contributed by atoms with van der Waals surface area (Å²) in [5.74, 6) is 0.351. The molecule has 3 aromatic heterocycles. The lowest BCUT2D eigenvalue weighted by atomic mass is 10.0. The number of nitrogens with zero attached hydrogens (tertiary/aromatic N) is 4. The molecule has 0 aromatic carbocycles. The van der Waals surface area contributed by atoms with Gasteiger partial charge in [-0.2, -0.15) is 0 Å². The average Bonchev–Trinajstić information content (AvgIpc) is 3.33. The molecule has 4 rings (SSSR count). The van der Waals surface area contributed by atoms with Crippen LogP contribution >= 0.6 is 11.3 Å². The molecule has 0 radical (unpaired) electrons. The van der Waals surface area contributed by atoms with E-state index in [-0.39, 0.29) is 5.91 Å². The topological polar surface area (TPSA) is 83.0 Å². The number of likely N-dealkylation sites (tertiary alicyclic amines) is 1. The maximum atomic E-state index is 12.3. The van der Waals surface area contributed by atoms with Crippen LogP contribution in [0.1, 0.15) is 40.0 Å². The number of carbonyl (C=O) groups is 1. The minimum atomic E-state index is 0.0281. The predicted molar refractivity (Wildman–Crippen MR) is 124 cm³/mol. The molecule has 3 aromatic rings. The van der Waals surface area contributed by atoms with Crippen LogP contribution in [0.5, 0.6) is 0 Å². The summed E-state index contributed by atoms with van der Waals surface area (Å²) in [6.07, 6.45) is 2.74. The van der Waals surface area contributed by atoms with Crippen LogP contribution in [0.3, 0.4) is 0 Å². The number of thiazole rings is 1. The van der Waals surface area contributed by atoms with Crippen molar-refractivity contribution in [3.05, 3.63) is 64.2 Å². The SMILES string of the molecule is Cc1cc(Nc2nc(C)c(C)s2)cc([C@@H]2CCN(CC(=O)NCc3ccccn3)C2)n1. The molecule has 1 aliphatic heterocycles. The molecule has 1 atom stereocenters. The van der Waals surface area contributed by atoms with Gasteiger partial charge in [-0.15, -0.1) is 11.3 Å². The van der Waals surface area contributed by atoms with Gasteiger partial charge in [0.2, 0.25) is 5.91 Å². The highest BCUT2D eigenvalue weighted by Crippen LogP contribution is 2.30. The minimum Gasteiger partial charge on any atom is -0.349 e. The Kier molecular flexibility index (Phi) is 6.58. The van der Waals surface area contributed by atoms with Crippen LogP contribution < -0.4 is 10.6 Å². The normalized spacial score (nSPS) is 16.4. The quantitative estimate of drug-likeness (QED) is 0.588. The molecule has 7 nitrogen and oxygen atoms in total. The van der Waals surface area contributed by atoms with Crippen LogP contribution in [0.15, 0.2) is 36.5 Å². The molecular weight excluding hydrogens is 408 g/mol. The maximum Gasteiger partial charge on any atom is 0.234 e. The van der Waals surface area contributed by atoms with Gasteiger partial charge in [-0.1, -0.05) is 6.07 Å². The molecule has 1 saturated heterocycles. The van der Waals surface area contributed by atoms with Crippen LogP contribution in [0.25, 0.3) is 0 Å². The highest BCUT2D eigenvalue weighted by molar-refractivity contribution is 7.15. The molecule has 1 fully saturated rings. The molecule has 2 N–H and O–H groups in total. The second-order valence-corrected chi connectivity index (χ2v) is 9.23. The third-order valence-corrected chi connectivity index (χ3v) is 6.49. The van der Waals surface area contributed by atoms with Gasteiger partial charge >= 0.3 is 0 Å². The van der Waals surface area contributed by atoms with Crippen LogP contribution in [0.2, 0.25) is 0 Å². The molecular formula is C23H28N6OS. The summed E-state index contributed by atoms with van der Waals surface area (Å²) in [7, 11) is 0. The predicted octanol–water partition coefficient (Wildman–Crippen LogP) is 3.71. The van der Waals surface area contributed by atoms with Crippen LogP contribution in [-0.4, -0.2) is 45.4 Å². The largest absolute Gasteiger partial charge is 0.349 e. The van der Waals surface area contributed by atoms with E-state index < -0.39 is 0 Å². The molecule has 0 bridgehead atoms. The van der Waals surface area contributed by atoms with Crippen LogP contribution in [-0.2, 0) is 11.3 Å². The van der Waals surface area contributed by atoms with Gasteiger partial charge in [0.05, 0.1) is 24.5 Å². The average molecular weight is 437 g/mol. The summed E-state index contributed by atoms with van der Waals surface area (Å²) < 4.78 is 0. The number of hydrogen-bond donors (Lipinski definition) is 2. The molecule has 0 spiro atoms. The molecule has 0 saturated carbocycles. The molecule has 8 heteroatoms. The number of aryl methyl sites for hydroxylation is 3. The Morgan fingerprint density at radius 2 is 2.10 bits per heavy atom. The summed E-state index contributed by atoms with van der Waals surface area (Å²) in [5, 5.41) is 7.29. The minimum absolute atomic E-state index is 0.0281. The lowest BCUT2D eigenvalue weighted by molar-refractivity contribution is -0.122. The van der Waals surface area contributed by atoms with Gasteiger partial charge in [-0.25, -0.2) is 4.98 Å². The number of aromatic nitrogens is 3. The van der Waals surface area contributed by atoms with E-state index >= 15 is 0 Å². The number of carbonyl (C=O) groups excluding carboxylic acids is 1. The Labute approximate surface area is 187 Å². The molecule has 0 unspecified atom stereocenters. The summed E-state index contributed by atoms with van der Waals surface area (Å²) in [5.41, 5.74) is 5.00. The summed E-state index contributed by atoms with van der Waals surface area (Å²) in [6, 6.07) is 9.88. The zero-order valence-electron chi connectivity index (χ0n) is 18.2. The zero-order valence-corrected chi connectivity index (χ0v) is 19.0. The van der Waals surface area contributed by atoms with Crippen molar-refractivity contribution in [1.29, 1.82) is 0 Å². The molecule has 162 valence electrons. The fourth-order valence-electron chi connectivity index (χ4n) is 3.79. The third-order valence-electron chi connectivity index (χ3n) is 5.50. The van der Waals surface area contributed by atoms with E-state index in [9.17, 15) is 4.79 Å². The Bertz CT molecular complexity index is 1030. The van der Waals surface area contributed by atoms with E-state index in [0.29, 0.717) is 19.0 Å². The number of hydrogen-bond acceptors (Lipinski definition) is 7. The van der Waals surface area contributed by atoms with Gasteiger partial charge in [0.1, 0.15) is 0 Å². The molecule has 0 aliphatic carbocycles. The van der Waals surface area contributed by atoms with Gasteiger partial charge in [-0.05, 0) is 58.0 Å². The van der Waals surface area contributed by atoms with E-state index in [4.69, 9.17) is 4.98 Å². The molecule has 31 heavy (non-hydrogen) atoms. The fourth-order valence-corrected chi connectivity index (χ4v) is 4.63. The van der Waals surface area contributed by atoms with Crippen molar-refractivity contribution in [2.45, 2.75) is 39.7 Å². The summed E-state index contributed by atoms with van der Waals surface area (Å²) in [4.78, 5) is 29.4. The molecule has 1 aliphatic rings. The lowest BCUT2D eigenvalue weighted by Gasteiger charge is -2.16. The van der Waals surface area contributed by atoms with E-state index in [1.54, 1.807) is 17.5 Å². The van der Waals surface area contributed by atoms with Crippen molar-refractivity contribution >= 4 is 28.1 Å². The second-order valence-electron chi connectivity index (χ2n) is 8.03. The number of rotatable bonds is 7. The van der Waals surface area contributed by atoms with Gasteiger partial charge in [-0.3, -0.25) is 19.7 Å². The van der Waals surface area contributed by atoms with Gasteiger partial charge < -0.3 is 10.6 Å². The first-order valence-electron chi connectivity index (χ1n) is 10.5. The van der Waals surface area contributed by atoms with E-state index in [1.165, 1.54) is 4.88 Å². The third kappa shape index (κ3) is 5.65. The van der Waals surface area contributed by atoms with Crippen LogP contribution in [0.4, 0.5) is 10.8 Å². The van der Waals surface area contributed by atoms with E-state index in [0.717, 1.165) is 53.1 Å². The molecule has 1 amide bonds. The van der Waals surface area contributed by atoms with Crippen molar-refractivity contribution in [3.8, 4) is 0 Å². The number of nitrogens with one attached hydrogen (secondary N) is 2. The fraction of sp³-hybridized carbons (Fsp3) is 0.391. The lowest BCUT2D eigenvalue weighted by Crippen LogP contribution is -2.35. The first-order valence-corrected chi connectivity index (χ1v) is 11.4. The second kappa shape index (κ2) is 9.53. The Balaban J connectivity index is 1.34. The molecule has 4 heterocycles. The monoisotopic (exact) mass is 436 g/mol. The van der Waals surface area contributed by atoms with Gasteiger partial charge in [0, 0.05) is 40.6 Å². The van der Waals surface area contributed by atoms with Gasteiger partial charge in [0.25, 0.3) is 0 Å². The van der Waals surface area contributed by atoms with Crippen molar-refractivity contribution < 1.29 is 4.79 Å². The summed E-state index contributed by atoms with van der Waals surface area (Å²) in [6.45, 7) is 8.72. The Morgan fingerprint density at radius 1 is 1.23 bits per heavy atom. The highest BCUT2D eigenvalue weighted by Gasteiger charge is 2.26. The highest BCUT2D eigenvalue weighted by atomic mass is 32.1. The van der Waals surface area contributed by atoms with E-state index in [1.807, 2.05) is 38.1 Å².